The molecule has 0 aliphatic rings. The van der Waals surface area contributed by atoms with Crippen LogP contribution in [0.4, 0.5) is 11.4 Å². The van der Waals surface area contributed by atoms with Gasteiger partial charge in [0, 0.05) is 39.6 Å². The molecular formula is C19H24N2. The van der Waals surface area contributed by atoms with Crippen LogP contribution in [0, 0.1) is 0 Å². The topological polar surface area (TPSA) is 6.48 Å². The van der Waals surface area contributed by atoms with Crippen LogP contribution in [0.3, 0.4) is 0 Å². The molecule has 0 saturated heterocycles. The molecule has 2 aromatic rings. The lowest BCUT2D eigenvalue weighted by molar-refractivity contribution is 1.13. The molecule has 0 aromatic heterocycles. The summed E-state index contributed by atoms with van der Waals surface area (Å²) in [5, 5.41) is 0. The molecule has 0 fully saturated rings. The van der Waals surface area contributed by atoms with Crippen LogP contribution in [0.5, 0.6) is 0 Å². The molecule has 2 aromatic carbocycles. The maximum absolute atomic E-state index is 2.23. The van der Waals surface area contributed by atoms with Gasteiger partial charge in [0.1, 0.15) is 0 Å². The van der Waals surface area contributed by atoms with Crippen LogP contribution in [0.1, 0.15) is 18.1 Å². The predicted octanol–water partition coefficient (Wildman–Crippen LogP) is 4.38. The Balaban J connectivity index is 2.19. The van der Waals surface area contributed by atoms with Gasteiger partial charge in [-0.2, -0.15) is 0 Å². The lowest BCUT2D eigenvalue weighted by Gasteiger charge is -2.13. The number of hydrogen-bond donors (Lipinski definition) is 0. The van der Waals surface area contributed by atoms with E-state index >= 15 is 0 Å². The molecule has 0 aliphatic carbocycles. The Hall–Kier alpha value is -2.22. The quantitative estimate of drug-likeness (QED) is 0.767. The molecule has 2 rings (SSSR count). The van der Waals surface area contributed by atoms with Gasteiger partial charge in [0.15, 0.2) is 0 Å². The lowest BCUT2D eigenvalue weighted by Crippen LogP contribution is -2.08. The minimum Gasteiger partial charge on any atom is -0.378 e. The number of allylic oxidation sites excluding steroid dienone is 1. The molecule has 0 bridgehead atoms. The Morgan fingerprint density at radius 1 is 0.714 bits per heavy atom. The number of nitrogens with zero attached hydrogens (tertiary/aromatic N) is 2. The normalized spacial score (nSPS) is 11.4. The highest BCUT2D eigenvalue weighted by Crippen LogP contribution is 2.22. The van der Waals surface area contributed by atoms with Gasteiger partial charge < -0.3 is 9.80 Å². The van der Waals surface area contributed by atoms with Gasteiger partial charge >= 0.3 is 0 Å². The second-order valence-corrected chi connectivity index (χ2v) is 5.75. The average Bonchev–Trinajstić information content (AvgIpc) is 2.47. The standard InChI is InChI=1S/C19H24N2/c1-15(17-8-12-19(13-9-17)21(4)5)14-16-6-10-18(11-7-16)20(2)3/h6-14H,1-5H3. The Morgan fingerprint density at radius 2 is 1.14 bits per heavy atom. The first-order valence-corrected chi connectivity index (χ1v) is 7.21. The van der Waals surface area contributed by atoms with Crippen molar-refractivity contribution in [2.24, 2.45) is 0 Å². The fraction of sp³-hybridized carbons (Fsp3) is 0.263. The number of hydrogen-bond acceptors (Lipinski definition) is 2. The van der Waals surface area contributed by atoms with Gasteiger partial charge in [0.25, 0.3) is 0 Å². The molecule has 2 heteroatoms. The van der Waals surface area contributed by atoms with E-state index in [9.17, 15) is 0 Å². The summed E-state index contributed by atoms with van der Waals surface area (Å²) >= 11 is 0. The minimum absolute atomic E-state index is 1.22. The first-order valence-electron chi connectivity index (χ1n) is 7.21. The molecule has 0 heterocycles. The molecule has 0 amide bonds. The Bertz CT molecular complexity index is 605. The summed E-state index contributed by atoms with van der Waals surface area (Å²) < 4.78 is 0. The summed E-state index contributed by atoms with van der Waals surface area (Å²) in [4.78, 5) is 4.23. The highest BCUT2D eigenvalue weighted by molar-refractivity contribution is 5.81. The largest absolute Gasteiger partial charge is 0.378 e. The van der Waals surface area contributed by atoms with Crippen LogP contribution in [0.15, 0.2) is 48.5 Å². The summed E-state index contributed by atoms with van der Waals surface area (Å²) in [5.41, 5.74) is 6.21. The molecule has 2 nitrogen and oxygen atoms in total. The zero-order valence-electron chi connectivity index (χ0n) is 13.6. The summed E-state index contributed by atoms with van der Waals surface area (Å²) in [5.74, 6) is 0. The summed E-state index contributed by atoms with van der Waals surface area (Å²) in [6.45, 7) is 2.16. The fourth-order valence-corrected chi connectivity index (χ4v) is 2.22. The smallest absolute Gasteiger partial charge is 0.0361 e. The fourth-order valence-electron chi connectivity index (χ4n) is 2.22. The van der Waals surface area contributed by atoms with E-state index in [-0.39, 0.29) is 0 Å². The van der Waals surface area contributed by atoms with Gasteiger partial charge in [-0.25, -0.2) is 0 Å². The summed E-state index contributed by atoms with van der Waals surface area (Å²) in [7, 11) is 8.23. The van der Waals surface area contributed by atoms with Gasteiger partial charge in [0.2, 0.25) is 0 Å². The monoisotopic (exact) mass is 280 g/mol. The zero-order chi connectivity index (χ0) is 15.4. The summed E-state index contributed by atoms with van der Waals surface area (Å²) in [6.07, 6.45) is 2.23. The van der Waals surface area contributed by atoms with Gasteiger partial charge in [-0.15, -0.1) is 0 Å². The van der Waals surface area contributed by atoms with Crippen molar-refractivity contribution in [3.8, 4) is 0 Å². The second-order valence-electron chi connectivity index (χ2n) is 5.75. The number of anilines is 2. The third-order valence-electron chi connectivity index (χ3n) is 3.63. The van der Waals surface area contributed by atoms with Gasteiger partial charge in [-0.1, -0.05) is 30.3 Å². The van der Waals surface area contributed by atoms with Crippen molar-refractivity contribution >= 4 is 23.0 Å². The van der Waals surface area contributed by atoms with Crippen molar-refractivity contribution < 1.29 is 0 Å². The van der Waals surface area contributed by atoms with Crippen molar-refractivity contribution in [2.45, 2.75) is 6.92 Å². The van der Waals surface area contributed by atoms with Gasteiger partial charge in [-0.05, 0) is 47.9 Å². The molecule has 0 radical (unpaired) electrons. The predicted molar refractivity (Wildman–Crippen MR) is 95.1 cm³/mol. The van der Waals surface area contributed by atoms with Crippen LogP contribution in [0.2, 0.25) is 0 Å². The van der Waals surface area contributed by atoms with Crippen LogP contribution in [-0.4, -0.2) is 28.2 Å². The molecule has 0 aliphatic heterocycles. The van der Waals surface area contributed by atoms with E-state index in [1.807, 2.05) is 0 Å². The van der Waals surface area contributed by atoms with E-state index < -0.39 is 0 Å². The molecule has 0 saturated carbocycles. The molecule has 0 unspecified atom stereocenters. The Morgan fingerprint density at radius 3 is 1.57 bits per heavy atom. The zero-order valence-corrected chi connectivity index (χ0v) is 13.6. The number of benzene rings is 2. The van der Waals surface area contributed by atoms with Crippen molar-refractivity contribution in [1.29, 1.82) is 0 Å². The molecule has 0 N–H and O–H groups in total. The van der Waals surface area contributed by atoms with Gasteiger partial charge in [-0.3, -0.25) is 0 Å². The highest BCUT2D eigenvalue weighted by atomic mass is 15.1. The van der Waals surface area contributed by atoms with E-state index in [0.29, 0.717) is 0 Å². The van der Waals surface area contributed by atoms with E-state index in [1.165, 1.54) is 28.1 Å². The highest BCUT2D eigenvalue weighted by Gasteiger charge is 1.99. The van der Waals surface area contributed by atoms with Crippen molar-refractivity contribution in [3.63, 3.8) is 0 Å². The van der Waals surface area contributed by atoms with Crippen molar-refractivity contribution in [2.75, 3.05) is 38.0 Å². The molecule has 0 spiro atoms. The third-order valence-corrected chi connectivity index (χ3v) is 3.63. The second kappa shape index (κ2) is 6.49. The van der Waals surface area contributed by atoms with Crippen molar-refractivity contribution in [3.05, 3.63) is 59.7 Å². The van der Waals surface area contributed by atoms with Crippen LogP contribution in [-0.2, 0) is 0 Å². The van der Waals surface area contributed by atoms with E-state index in [1.54, 1.807) is 0 Å². The average molecular weight is 280 g/mol. The van der Waals surface area contributed by atoms with Crippen LogP contribution < -0.4 is 9.80 Å². The van der Waals surface area contributed by atoms with E-state index in [2.05, 4.69) is 99.5 Å². The molecule has 21 heavy (non-hydrogen) atoms. The van der Waals surface area contributed by atoms with Gasteiger partial charge in [0.05, 0.1) is 0 Å². The SMILES string of the molecule is CC(=Cc1ccc(N(C)C)cc1)c1ccc(N(C)C)cc1. The first-order chi connectivity index (χ1) is 9.97. The maximum atomic E-state index is 2.23. The molecule has 0 atom stereocenters. The number of rotatable bonds is 4. The lowest BCUT2D eigenvalue weighted by atomic mass is 10.0. The summed E-state index contributed by atoms with van der Waals surface area (Å²) in [6, 6.07) is 17.3. The van der Waals surface area contributed by atoms with E-state index in [0.717, 1.165) is 0 Å². The molecular weight excluding hydrogens is 256 g/mol. The third kappa shape index (κ3) is 3.88. The Kier molecular flexibility index (Phi) is 4.69. The maximum Gasteiger partial charge on any atom is 0.0361 e. The van der Waals surface area contributed by atoms with Crippen LogP contribution >= 0.6 is 0 Å². The Labute approximate surface area is 128 Å². The minimum atomic E-state index is 1.22. The first kappa shape index (κ1) is 15.2. The van der Waals surface area contributed by atoms with Crippen LogP contribution in [0.25, 0.3) is 11.6 Å². The van der Waals surface area contributed by atoms with E-state index in [4.69, 9.17) is 0 Å². The van der Waals surface area contributed by atoms with Crippen molar-refractivity contribution in [1.82, 2.24) is 0 Å². The molecule has 110 valence electrons.